The summed E-state index contributed by atoms with van der Waals surface area (Å²) in [7, 11) is 1.69. The van der Waals surface area contributed by atoms with Crippen LogP contribution in [0.15, 0.2) is 30.6 Å². The van der Waals surface area contributed by atoms with Crippen molar-refractivity contribution in [2.24, 2.45) is 7.05 Å². The van der Waals surface area contributed by atoms with Gasteiger partial charge in [-0.05, 0) is 18.2 Å². The van der Waals surface area contributed by atoms with E-state index in [4.69, 9.17) is 16.7 Å². The first-order valence-electron chi connectivity index (χ1n) is 5.30. The van der Waals surface area contributed by atoms with Crippen molar-refractivity contribution in [1.82, 2.24) is 9.78 Å². The van der Waals surface area contributed by atoms with Crippen molar-refractivity contribution < 1.29 is 14.7 Å². The highest BCUT2D eigenvalue weighted by Crippen LogP contribution is 2.23. The number of carbonyl (C=O) groups excluding carboxylic acids is 1. The molecule has 2 N–H and O–H groups in total. The Labute approximate surface area is 113 Å². The molecule has 0 unspecified atom stereocenters. The average Bonchev–Trinajstić information content (AvgIpc) is 2.78. The zero-order valence-electron chi connectivity index (χ0n) is 9.92. The molecule has 1 heterocycles. The Morgan fingerprint density at radius 2 is 2.11 bits per heavy atom. The summed E-state index contributed by atoms with van der Waals surface area (Å²) in [6, 6.07) is 4.09. The smallest absolute Gasteiger partial charge is 0.335 e. The molecule has 1 aromatic heterocycles. The van der Waals surface area contributed by atoms with E-state index in [9.17, 15) is 9.59 Å². The Kier molecular flexibility index (Phi) is 3.52. The normalized spacial score (nSPS) is 10.2. The molecule has 0 aliphatic rings. The Balaban J connectivity index is 2.25. The number of carboxylic acid groups (broad SMARTS) is 1. The molecule has 19 heavy (non-hydrogen) atoms. The number of hydrogen-bond donors (Lipinski definition) is 2. The van der Waals surface area contributed by atoms with Crippen LogP contribution >= 0.6 is 11.6 Å². The lowest BCUT2D eigenvalue weighted by atomic mass is 10.2. The molecule has 98 valence electrons. The number of halogens is 1. The Morgan fingerprint density at radius 1 is 1.37 bits per heavy atom. The van der Waals surface area contributed by atoms with Gasteiger partial charge in [0.05, 0.1) is 28.0 Å². The lowest BCUT2D eigenvalue weighted by molar-refractivity contribution is 0.0696. The monoisotopic (exact) mass is 279 g/mol. The number of rotatable bonds is 3. The molecule has 2 rings (SSSR count). The van der Waals surface area contributed by atoms with E-state index in [1.807, 2.05) is 0 Å². The van der Waals surface area contributed by atoms with Gasteiger partial charge in [0.1, 0.15) is 0 Å². The number of aromatic carboxylic acids is 1. The molecule has 0 aliphatic carbocycles. The number of hydrogen-bond acceptors (Lipinski definition) is 3. The quantitative estimate of drug-likeness (QED) is 0.900. The van der Waals surface area contributed by atoms with E-state index in [2.05, 4.69) is 10.4 Å². The molecule has 1 aromatic carbocycles. The predicted octanol–water partition coefficient (Wildman–Crippen LogP) is 2.02. The van der Waals surface area contributed by atoms with Crippen LogP contribution in [0.3, 0.4) is 0 Å². The molecule has 0 spiro atoms. The molecule has 0 saturated carbocycles. The van der Waals surface area contributed by atoms with Crippen LogP contribution in [0.2, 0.25) is 5.02 Å². The standard InChI is InChI=1S/C12H10ClN3O3/c1-16-6-8(5-14-16)11(17)15-10-4-7(12(18)19)2-3-9(10)13/h2-6H,1H3,(H,15,17)(H,18,19). The maximum absolute atomic E-state index is 11.9. The zero-order valence-corrected chi connectivity index (χ0v) is 10.7. The molecule has 7 heteroatoms. The SMILES string of the molecule is Cn1cc(C(=O)Nc2cc(C(=O)O)ccc2Cl)cn1. The summed E-state index contributed by atoms with van der Waals surface area (Å²) < 4.78 is 1.49. The third-order valence-corrected chi connectivity index (χ3v) is 2.76. The zero-order chi connectivity index (χ0) is 14.0. The van der Waals surface area contributed by atoms with Gasteiger partial charge in [-0.15, -0.1) is 0 Å². The second kappa shape index (κ2) is 5.11. The van der Waals surface area contributed by atoms with Crippen LogP contribution < -0.4 is 5.32 Å². The number of benzene rings is 1. The first-order chi connectivity index (χ1) is 8.97. The van der Waals surface area contributed by atoms with E-state index >= 15 is 0 Å². The van der Waals surface area contributed by atoms with Crippen LogP contribution in [0.1, 0.15) is 20.7 Å². The Bertz CT molecular complexity index is 651. The minimum absolute atomic E-state index is 0.0471. The van der Waals surface area contributed by atoms with Gasteiger partial charge < -0.3 is 10.4 Å². The molecule has 6 nitrogen and oxygen atoms in total. The van der Waals surface area contributed by atoms with Gasteiger partial charge in [0.25, 0.3) is 5.91 Å². The number of nitrogens with one attached hydrogen (secondary N) is 1. The molecule has 0 bridgehead atoms. The lowest BCUT2D eigenvalue weighted by Crippen LogP contribution is -2.12. The molecular weight excluding hydrogens is 270 g/mol. The van der Waals surface area contributed by atoms with Crippen LogP contribution in [0.25, 0.3) is 0 Å². The average molecular weight is 280 g/mol. The van der Waals surface area contributed by atoms with Gasteiger partial charge in [0.15, 0.2) is 0 Å². The fourth-order valence-electron chi connectivity index (χ4n) is 1.49. The maximum atomic E-state index is 11.9. The largest absolute Gasteiger partial charge is 0.478 e. The summed E-state index contributed by atoms with van der Waals surface area (Å²) in [5.74, 6) is -1.49. The van der Waals surface area contributed by atoms with E-state index in [1.165, 1.54) is 29.1 Å². The van der Waals surface area contributed by atoms with Crippen LogP contribution in [0.5, 0.6) is 0 Å². The molecule has 0 radical (unpaired) electrons. The third-order valence-electron chi connectivity index (χ3n) is 2.43. The first-order valence-corrected chi connectivity index (χ1v) is 5.68. The number of anilines is 1. The molecule has 1 amide bonds. The summed E-state index contributed by atoms with van der Waals surface area (Å²) in [5.41, 5.74) is 0.653. The van der Waals surface area contributed by atoms with Crippen molar-refractivity contribution in [3.8, 4) is 0 Å². The van der Waals surface area contributed by atoms with Crippen molar-refractivity contribution in [2.75, 3.05) is 5.32 Å². The summed E-state index contributed by atoms with van der Waals surface area (Å²) in [6.45, 7) is 0. The van der Waals surface area contributed by atoms with Crippen LogP contribution in [-0.4, -0.2) is 26.8 Å². The molecule has 0 fully saturated rings. The van der Waals surface area contributed by atoms with Crippen molar-refractivity contribution in [2.45, 2.75) is 0 Å². The second-order valence-corrected chi connectivity index (χ2v) is 4.26. The molecule has 2 aromatic rings. The lowest BCUT2D eigenvalue weighted by Gasteiger charge is -2.07. The van der Waals surface area contributed by atoms with Gasteiger partial charge >= 0.3 is 5.97 Å². The van der Waals surface area contributed by atoms with Gasteiger partial charge in [-0.3, -0.25) is 9.48 Å². The Hall–Kier alpha value is -2.34. The van der Waals surface area contributed by atoms with Gasteiger partial charge in [-0.1, -0.05) is 11.6 Å². The number of aryl methyl sites for hydroxylation is 1. The molecular formula is C12H10ClN3O3. The predicted molar refractivity (Wildman–Crippen MR) is 69.6 cm³/mol. The Morgan fingerprint density at radius 3 is 2.68 bits per heavy atom. The highest BCUT2D eigenvalue weighted by molar-refractivity contribution is 6.34. The summed E-state index contributed by atoms with van der Waals surface area (Å²) >= 11 is 5.91. The van der Waals surface area contributed by atoms with Gasteiger partial charge in [-0.2, -0.15) is 5.10 Å². The molecule has 0 saturated heterocycles. The minimum atomic E-state index is -1.09. The van der Waals surface area contributed by atoms with E-state index in [0.29, 0.717) is 5.56 Å². The van der Waals surface area contributed by atoms with E-state index in [1.54, 1.807) is 13.2 Å². The fraction of sp³-hybridized carbons (Fsp3) is 0.0833. The van der Waals surface area contributed by atoms with Crippen molar-refractivity contribution in [1.29, 1.82) is 0 Å². The van der Waals surface area contributed by atoms with Crippen LogP contribution in [0, 0.1) is 0 Å². The number of nitrogens with zero attached hydrogens (tertiary/aromatic N) is 2. The summed E-state index contributed by atoms with van der Waals surface area (Å²) in [4.78, 5) is 22.7. The van der Waals surface area contributed by atoms with Crippen molar-refractivity contribution >= 4 is 29.2 Å². The number of aromatic nitrogens is 2. The second-order valence-electron chi connectivity index (χ2n) is 3.86. The number of amides is 1. The third kappa shape index (κ3) is 2.92. The van der Waals surface area contributed by atoms with Gasteiger partial charge in [0.2, 0.25) is 0 Å². The number of carboxylic acids is 1. The first kappa shape index (κ1) is 13.1. The van der Waals surface area contributed by atoms with E-state index in [-0.39, 0.29) is 16.3 Å². The summed E-state index contributed by atoms with van der Waals surface area (Å²) in [5, 5.41) is 15.6. The topological polar surface area (TPSA) is 84.2 Å². The van der Waals surface area contributed by atoms with Crippen molar-refractivity contribution in [3.63, 3.8) is 0 Å². The van der Waals surface area contributed by atoms with Crippen LogP contribution in [0.4, 0.5) is 5.69 Å². The summed E-state index contributed by atoms with van der Waals surface area (Å²) in [6.07, 6.45) is 2.95. The number of carbonyl (C=O) groups is 2. The van der Waals surface area contributed by atoms with Crippen LogP contribution in [-0.2, 0) is 7.05 Å². The fourth-order valence-corrected chi connectivity index (χ4v) is 1.65. The highest BCUT2D eigenvalue weighted by atomic mass is 35.5. The molecule has 0 aliphatic heterocycles. The minimum Gasteiger partial charge on any atom is -0.478 e. The van der Waals surface area contributed by atoms with E-state index in [0.717, 1.165) is 0 Å². The van der Waals surface area contributed by atoms with Gasteiger partial charge in [0, 0.05) is 13.2 Å². The molecule has 0 atom stereocenters. The maximum Gasteiger partial charge on any atom is 0.335 e. The van der Waals surface area contributed by atoms with E-state index < -0.39 is 11.9 Å². The highest BCUT2D eigenvalue weighted by Gasteiger charge is 2.12. The van der Waals surface area contributed by atoms with Gasteiger partial charge in [-0.25, -0.2) is 4.79 Å². The van der Waals surface area contributed by atoms with Crippen molar-refractivity contribution in [3.05, 3.63) is 46.7 Å².